The monoisotopic (exact) mass is 480 g/mol. The molecule has 33 heavy (non-hydrogen) atoms. The predicted molar refractivity (Wildman–Crippen MR) is 104 cm³/mol. The second-order valence-electron chi connectivity index (χ2n) is 7.30. The van der Waals surface area contributed by atoms with Crippen LogP contribution in [0.5, 0.6) is 5.75 Å². The lowest BCUT2D eigenvalue weighted by atomic mass is 9.81. The molecule has 2 aromatic carbocycles. The largest absolute Gasteiger partial charge is 0.422 e. The van der Waals surface area contributed by atoms with Crippen LogP contribution in [-0.2, 0) is 11.0 Å². The third kappa shape index (κ3) is 6.55. The maximum absolute atomic E-state index is 12.6. The van der Waals surface area contributed by atoms with Gasteiger partial charge in [-0.15, -0.1) is 0 Å². The van der Waals surface area contributed by atoms with Gasteiger partial charge in [0.15, 0.2) is 0 Å². The van der Waals surface area contributed by atoms with Gasteiger partial charge in [-0.1, -0.05) is 30.7 Å². The summed E-state index contributed by atoms with van der Waals surface area (Å²) in [7, 11) is 0. The summed E-state index contributed by atoms with van der Waals surface area (Å²) in [5, 5.41) is 0. The molecule has 0 N–H and O–H groups in total. The van der Waals surface area contributed by atoms with Crippen molar-refractivity contribution in [3.05, 3.63) is 76.1 Å². The first kappa shape index (κ1) is 26.3. The molecule has 0 heterocycles. The van der Waals surface area contributed by atoms with E-state index in [-0.39, 0.29) is 0 Å². The average Bonchev–Trinajstić information content (AvgIpc) is 2.80. The van der Waals surface area contributed by atoms with Gasteiger partial charge in [-0.3, -0.25) is 4.79 Å². The molecular formula is C23H20F8O2. The van der Waals surface area contributed by atoms with Gasteiger partial charge in [0.2, 0.25) is 34.8 Å². The van der Waals surface area contributed by atoms with Gasteiger partial charge >= 0.3 is 6.18 Å². The second-order valence-corrected chi connectivity index (χ2v) is 7.30. The SMILES string of the molecule is CC/C=C1\CCCC(c2ccc(C(F)(F)F)cc2)C1.O=COc1c(F)c(F)c(F)c(F)c1F. The van der Waals surface area contributed by atoms with Crippen LogP contribution in [-0.4, -0.2) is 6.47 Å². The molecule has 0 aromatic heterocycles. The summed E-state index contributed by atoms with van der Waals surface area (Å²) in [4.78, 5) is 9.69. The molecule has 1 aliphatic carbocycles. The number of hydrogen-bond donors (Lipinski definition) is 0. The number of hydrogen-bond acceptors (Lipinski definition) is 2. The smallest absolute Gasteiger partial charge is 0.416 e. The first-order valence-electron chi connectivity index (χ1n) is 9.98. The van der Waals surface area contributed by atoms with Gasteiger partial charge < -0.3 is 4.74 Å². The Morgan fingerprint density at radius 1 is 0.939 bits per heavy atom. The molecule has 180 valence electrons. The van der Waals surface area contributed by atoms with E-state index in [0.717, 1.165) is 37.7 Å². The molecule has 3 rings (SSSR count). The Kier molecular flexibility index (Phi) is 9.01. The molecular weight excluding hydrogens is 460 g/mol. The van der Waals surface area contributed by atoms with E-state index < -0.39 is 53.0 Å². The average molecular weight is 480 g/mol. The highest BCUT2D eigenvalue weighted by atomic mass is 19.4. The maximum atomic E-state index is 12.6. The van der Waals surface area contributed by atoms with Gasteiger partial charge in [0.05, 0.1) is 5.56 Å². The van der Waals surface area contributed by atoms with Crippen LogP contribution in [0.1, 0.15) is 56.1 Å². The lowest BCUT2D eigenvalue weighted by Gasteiger charge is -2.25. The van der Waals surface area contributed by atoms with Gasteiger partial charge in [-0.05, 0) is 55.7 Å². The van der Waals surface area contributed by atoms with Crippen LogP contribution in [0.2, 0.25) is 0 Å². The highest BCUT2D eigenvalue weighted by Gasteiger charge is 2.30. The standard InChI is InChI=1S/C16H19F3.C7HF5O2/c1-2-4-12-5-3-6-14(11-12)13-7-9-15(10-8-13)16(17,18)19;8-2-3(9)5(11)7(14-1-13)6(12)4(2)10/h4,7-10,14H,2-3,5-6,11H2,1H3;1H/b12-4+;. The number of alkyl halides is 3. The molecule has 0 amide bonds. The summed E-state index contributed by atoms with van der Waals surface area (Å²) in [6.07, 6.45) is 3.41. The summed E-state index contributed by atoms with van der Waals surface area (Å²) < 4.78 is 103. The zero-order valence-corrected chi connectivity index (χ0v) is 17.4. The molecule has 10 heteroatoms. The van der Waals surface area contributed by atoms with Crippen molar-refractivity contribution in [3.8, 4) is 5.75 Å². The van der Waals surface area contributed by atoms with E-state index in [2.05, 4.69) is 17.7 Å². The van der Waals surface area contributed by atoms with Crippen LogP contribution in [0.15, 0.2) is 35.9 Å². The van der Waals surface area contributed by atoms with E-state index in [4.69, 9.17) is 0 Å². The molecule has 0 radical (unpaired) electrons. The molecule has 1 atom stereocenters. The minimum absolute atomic E-state index is 0.383. The Bertz CT molecular complexity index is 968. The predicted octanol–water partition coefficient (Wildman–Crippen LogP) is 7.62. The Balaban J connectivity index is 0.000000245. The number of rotatable bonds is 4. The summed E-state index contributed by atoms with van der Waals surface area (Å²) in [5.74, 6) is -12.2. The number of ether oxygens (including phenoxy) is 1. The van der Waals surface area contributed by atoms with Gasteiger partial charge in [0.25, 0.3) is 6.47 Å². The molecule has 0 bridgehead atoms. The molecule has 1 unspecified atom stereocenters. The van der Waals surface area contributed by atoms with Gasteiger partial charge in [-0.2, -0.15) is 22.0 Å². The van der Waals surface area contributed by atoms with Crippen molar-refractivity contribution in [1.29, 1.82) is 0 Å². The number of halogens is 8. The van der Waals surface area contributed by atoms with E-state index >= 15 is 0 Å². The molecule has 1 saturated carbocycles. The summed E-state index contributed by atoms with van der Waals surface area (Å²) in [5.41, 5.74) is 1.93. The lowest BCUT2D eigenvalue weighted by molar-refractivity contribution is -0.137. The zero-order valence-electron chi connectivity index (χ0n) is 17.4. The van der Waals surface area contributed by atoms with Crippen LogP contribution >= 0.6 is 0 Å². The van der Waals surface area contributed by atoms with Crippen molar-refractivity contribution in [1.82, 2.24) is 0 Å². The number of carbonyl (C=O) groups is 1. The van der Waals surface area contributed by atoms with Gasteiger partial charge in [0, 0.05) is 0 Å². The van der Waals surface area contributed by atoms with E-state index in [1.165, 1.54) is 17.7 Å². The first-order chi connectivity index (χ1) is 15.5. The minimum Gasteiger partial charge on any atom is -0.422 e. The summed E-state index contributed by atoms with van der Waals surface area (Å²) in [6, 6.07) is 5.69. The van der Waals surface area contributed by atoms with E-state index in [0.29, 0.717) is 5.92 Å². The highest BCUT2D eigenvalue weighted by molar-refractivity contribution is 5.46. The van der Waals surface area contributed by atoms with Crippen molar-refractivity contribution in [2.24, 2.45) is 0 Å². The quantitative estimate of drug-likeness (QED) is 0.148. The van der Waals surface area contributed by atoms with Gasteiger partial charge in [0.1, 0.15) is 0 Å². The Morgan fingerprint density at radius 3 is 1.97 bits per heavy atom. The third-order valence-electron chi connectivity index (χ3n) is 5.10. The van der Waals surface area contributed by atoms with E-state index in [1.807, 2.05) is 0 Å². The number of allylic oxidation sites excluding steroid dienone is 2. The van der Waals surface area contributed by atoms with Gasteiger partial charge in [-0.25, -0.2) is 13.2 Å². The van der Waals surface area contributed by atoms with Crippen molar-refractivity contribution in [2.45, 2.75) is 51.1 Å². The zero-order chi connectivity index (χ0) is 24.8. The topological polar surface area (TPSA) is 26.3 Å². The minimum atomic E-state index is -4.24. The van der Waals surface area contributed by atoms with Crippen molar-refractivity contribution < 1.29 is 44.7 Å². The normalized spacial score (nSPS) is 17.4. The molecule has 0 spiro atoms. The third-order valence-corrected chi connectivity index (χ3v) is 5.10. The Morgan fingerprint density at radius 2 is 1.48 bits per heavy atom. The fourth-order valence-electron chi connectivity index (χ4n) is 3.54. The van der Waals surface area contributed by atoms with Crippen molar-refractivity contribution >= 4 is 6.47 Å². The molecule has 2 aromatic rings. The van der Waals surface area contributed by atoms with Crippen molar-refractivity contribution in [2.75, 3.05) is 0 Å². The van der Waals surface area contributed by atoms with Crippen LogP contribution in [0.3, 0.4) is 0 Å². The summed E-state index contributed by atoms with van der Waals surface area (Å²) >= 11 is 0. The number of benzene rings is 2. The fraction of sp³-hybridized carbons (Fsp3) is 0.348. The molecule has 1 aliphatic rings. The Labute approximate surface area is 184 Å². The van der Waals surface area contributed by atoms with Crippen molar-refractivity contribution in [3.63, 3.8) is 0 Å². The first-order valence-corrected chi connectivity index (χ1v) is 9.98. The van der Waals surface area contributed by atoms with Crippen LogP contribution < -0.4 is 4.74 Å². The number of carbonyl (C=O) groups excluding carboxylic acids is 1. The highest BCUT2D eigenvalue weighted by Crippen LogP contribution is 2.37. The maximum Gasteiger partial charge on any atom is 0.416 e. The van der Waals surface area contributed by atoms with Crippen LogP contribution in [0.4, 0.5) is 35.1 Å². The van der Waals surface area contributed by atoms with Crippen LogP contribution in [0.25, 0.3) is 0 Å². The molecule has 0 aliphatic heterocycles. The van der Waals surface area contributed by atoms with E-state index in [9.17, 15) is 39.9 Å². The molecule has 1 fully saturated rings. The van der Waals surface area contributed by atoms with Crippen LogP contribution in [0, 0.1) is 29.1 Å². The Hall–Kier alpha value is -2.91. The molecule has 0 saturated heterocycles. The molecule has 2 nitrogen and oxygen atoms in total. The van der Waals surface area contributed by atoms with E-state index in [1.54, 1.807) is 12.1 Å². The lowest BCUT2D eigenvalue weighted by Crippen LogP contribution is -2.09. The second kappa shape index (κ2) is 11.3. The summed E-state index contributed by atoms with van der Waals surface area (Å²) in [6.45, 7) is 1.67. The fourth-order valence-corrected chi connectivity index (χ4v) is 3.54.